The maximum Gasteiger partial charge on any atom is 0.101 e. The predicted octanol–water partition coefficient (Wildman–Crippen LogP) is 4.87. The van der Waals surface area contributed by atoms with E-state index in [2.05, 4.69) is 64.4 Å². The van der Waals surface area contributed by atoms with Crippen LogP contribution in [0.2, 0.25) is 0 Å². The summed E-state index contributed by atoms with van der Waals surface area (Å²) in [5, 5.41) is 0. The summed E-state index contributed by atoms with van der Waals surface area (Å²) in [6, 6.07) is 10.8. The first kappa shape index (κ1) is 15.5. The second-order valence-corrected chi connectivity index (χ2v) is 7.55. The fourth-order valence-corrected chi connectivity index (χ4v) is 3.63. The zero-order valence-electron chi connectivity index (χ0n) is 13.6. The highest BCUT2D eigenvalue weighted by atomic mass is 16.7. The number of rotatable bonds is 4. The molecular formula is C18H29NO. The van der Waals surface area contributed by atoms with Gasteiger partial charge in [0.15, 0.2) is 0 Å². The molecule has 1 fully saturated rings. The molecule has 0 amide bonds. The van der Waals surface area contributed by atoms with Gasteiger partial charge in [0, 0.05) is 6.04 Å². The summed E-state index contributed by atoms with van der Waals surface area (Å²) < 4.78 is 0. The van der Waals surface area contributed by atoms with Crippen LogP contribution in [-0.4, -0.2) is 6.04 Å². The van der Waals surface area contributed by atoms with Crippen LogP contribution < -0.4 is 5.48 Å². The molecule has 0 saturated heterocycles. The van der Waals surface area contributed by atoms with E-state index in [9.17, 15) is 0 Å². The zero-order chi connectivity index (χ0) is 14.8. The van der Waals surface area contributed by atoms with E-state index in [-0.39, 0.29) is 16.9 Å². The van der Waals surface area contributed by atoms with E-state index in [1.807, 2.05) is 6.07 Å². The van der Waals surface area contributed by atoms with E-state index < -0.39 is 0 Å². The van der Waals surface area contributed by atoms with Gasteiger partial charge in [-0.3, -0.25) is 4.84 Å². The van der Waals surface area contributed by atoms with Crippen molar-refractivity contribution < 1.29 is 4.84 Å². The third-order valence-electron chi connectivity index (χ3n) is 4.84. The first-order chi connectivity index (χ1) is 9.33. The molecule has 0 bridgehead atoms. The lowest BCUT2D eigenvalue weighted by atomic mass is 9.61. The normalized spacial score (nSPS) is 23.4. The Kier molecular flexibility index (Phi) is 4.55. The maximum atomic E-state index is 5.99. The van der Waals surface area contributed by atoms with E-state index in [0.717, 1.165) is 0 Å². The SMILES string of the molecule is CC(ONC1C(C)(C)CCCC1(C)C)c1ccccc1. The van der Waals surface area contributed by atoms with Gasteiger partial charge in [-0.05, 0) is 36.2 Å². The summed E-state index contributed by atoms with van der Waals surface area (Å²) in [6.07, 6.45) is 3.91. The number of hydrogen-bond acceptors (Lipinski definition) is 2. The fourth-order valence-electron chi connectivity index (χ4n) is 3.63. The van der Waals surface area contributed by atoms with E-state index in [0.29, 0.717) is 6.04 Å². The predicted molar refractivity (Wildman–Crippen MR) is 84.3 cm³/mol. The van der Waals surface area contributed by atoms with Gasteiger partial charge in [-0.15, -0.1) is 0 Å². The number of benzene rings is 1. The Labute approximate surface area is 123 Å². The van der Waals surface area contributed by atoms with E-state index >= 15 is 0 Å². The fraction of sp³-hybridized carbons (Fsp3) is 0.667. The smallest absolute Gasteiger partial charge is 0.101 e. The standard InChI is InChI=1S/C18H29NO/c1-14(15-10-7-6-8-11-15)20-19-16-17(2,3)12-9-13-18(16,4)5/h6-8,10-11,14,16,19H,9,12-13H2,1-5H3. The van der Waals surface area contributed by atoms with Gasteiger partial charge >= 0.3 is 0 Å². The zero-order valence-corrected chi connectivity index (χ0v) is 13.6. The van der Waals surface area contributed by atoms with Crippen LogP contribution in [0.5, 0.6) is 0 Å². The van der Waals surface area contributed by atoms with Gasteiger partial charge in [-0.25, -0.2) is 0 Å². The van der Waals surface area contributed by atoms with Crippen LogP contribution in [-0.2, 0) is 4.84 Å². The van der Waals surface area contributed by atoms with Crippen molar-refractivity contribution in [3.05, 3.63) is 35.9 Å². The van der Waals surface area contributed by atoms with Crippen molar-refractivity contribution in [2.24, 2.45) is 10.8 Å². The molecular weight excluding hydrogens is 246 g/mol. The molecule has 1 aromatic rings. The molecule has 1 aliphatic carbocycles. The Bertz CT molecular complexity index is 408. The topological polar surface area (TPSA) is 21.3 Å². The van der Waals surface area contributed by atoms with Crippen molar-refractivity contribution in [3.63, 3.8) is 0 Å². The number of nitrogens with one attached hydrogen (secondary N) is 1. The average molecular weight is 275 g/mol. The Morgan fingerprint density at radius 2 is 1.60 bits per heavy atom. The van der Waals surface area contributed by atoms with E-state index in [1.54, 1.807) is 0 Å². The minimum absolute atomic E-state index is 0.0738. The Hall–Kier alpha value is -0.860. The van der Waals surface area contributed by atoms with Crippen molar-refractivity contribution in [2.45, 2.75) is 66.0 Å². The minimum Gasteiger partial charge on any atom is -0.294 e. The molecule has 1 atom stereocenters. The van der Waals surface area contributed by atoms with Crippen molar-refractivity contribution in [3.8, 4) is 0 Å². The highest BCUT2D eigenvalue weighted by Crippen LogP contribution is 2.46. The molecule has 0 spiro atoms. The second kappa shape index (κ2) is 5.87. The van der Waals surface area contributed by atoms with Gasteiger partial charge in [-0.1, -0.05) is 64.4 Å². The summed E-state index contributed by atoms with van der Waals surface area (Å²) in [5.41, 5.74) is 5.17. The summed E-state index contributed by atoms with van der Waals surface area (Å²) in [7, 11) is 0. The van der Waals surface area contributed by atoms with Crippen molar-refractivity contribution in [1.29, 1.82) is 0 Å². The molecule has 20 heavy (non-hydrogen) atoms. The second-order valence-electron chi connectivity index (χ2n) is 7.55. The lowest BCUT2D eigenvalue weighted by molar-refractivity contribution is -0.104. The van der Waals surface area contributed by atoms with Crippen LogP contribution in [0.1, 0.15) is 65.5 Å². The van der Waals surface area contributed by atoms with Gasteiger partial charge in [0.25, 0.3) is 0 Å². The Balaban J connectivity index is 2.01. The van der Waals surface area contributed by atoms with Crippen molar-refractivity contribution >= 4 is 0 Å². The Morgan fingerprint density at radius 3 is 2.15 bits per heavy atom. The molecule has 1 aromatic carbocycles. The summed E-state index contributed by atoms with van der Waals surface area (Å²) in [4.78, 5) is 5.99. The molecule has 2 heteroatoms. The van der Waals surface area contributed by atoms with Crippen LogP contribution in [0.25, 0.3) is 0 Å². The molecule has 0 heterocycles. The van der Waals surface area contributed by atoms with Gasteiger partial charge in [-0.2, -0.15) is 5.48 Å². The molecule has 1 unspecified atom stereocenters. The van der Waals surface area contributed by atoms with Crippen LogP contribution in [0, 0.1) is 10.8 Å². The third kappa shape index (κ3) is 3.42. The van der Waals surface area contributed by atoms with Crippen molar-refractivity contribution in [1.82, 2.24) is 5.48 Å². The minimum atomic E-state index is 0.0738. The lowest BCUT2D eigenvalue weighted by Gasteiger charge is -2.49. The quantitative estimate of drug-likeness (QED) is 0.791. The van der Waals surface area contributed by atoms with Crippen LogP contribution in [0.4, 0.5) is 0 Å². The maximum absolute atomic E-state index is 5.99. The van der Waals surface area contributed by atoms with Crippen LogP contribution in [0.15, 0.2) is 30.3 Å². The number of hydrogen-bond donors (Lipinski definition) is 1. The summed E-state index contributed by atoms with van der Waals surface area (Å²) >= 11 is 0. The first-order valence-corrected chi connectivity index (χ1v) is 7.79. The van der Waals surface area contributed by atoms with E-state index in [4.69, 9.17) is 4.84 Å². The van der Waals surface area contributed by atoms with Crippen LogP contribution in [0.3, 0.4) is 0 Å². The summed E-state index contributed by atoms with van der Waals surface area (Å²) in [6.45, 7) is 11.5. The average Bonchev–Trinajstić information content (AvgIpc) is 2.37. The van der Waals surface area contributed by atoms with E-state index in [1.165, 1.54) is 24.8 Å². The van der Waals surface area contributed by atoms with Gasteiger partial charge in [0.2, 0.25) is 0 Å². The largest absolute Gasteiger partial charge is 0.294 e. The molecule has 0 radical (unpaired) electrons. The van der Waals surface area contributed by atoms with Crippen molar-refractivity contribution in [2.75, 3.05) is 0 Å². The number of hydroxylamine groups is 1. The molecule has 112 valence electrons. The molecule has 1 N–H and O–H groups in total. The highest BCUT2D eigenvalue weighted by molar-refractivity contribution is 5.16. The first-order valence-electron chi connectivity index (χ1n) is 7.79. The van der Waals surface area contributed by atoms with Gasteiger partial charge in [0.05, 0.1) is 0 Å². The monoisotopic (exact) mass is 275 g/mol. The third-order valence-corrected chi connectivity index (χ3v) is 4.84. The molecule has 2 rings (SSSR count). The molecule has 1 aliphatic rings. The molecule has 1 saturated carbocycles. The summed E-state index contributed by atoms with van der Waals surface area (Å²) in [5.74, 6) is 0. The highest BCUT2D eigenvalue weighted by Gasteiger charge is 2.44. The van der Waals surface area contributed by atoms with Gasteiger partial charge in [0.1, 0.15) is 6.10 Å². The van der Waals surface area contributed by atoms with Crippen LogP contribution >= 0.6 is 0 Å². The van der Waals surface area contributed by atoms with Gasteiger partial charge < -0.3 is 0 Å². The Morgan fingerprint density at radius 1 is 1.05 bits per heavy atom. The molecule has 0 aliphatic heterocycles. The lowest BCUT2D eigenvalue weighted by Crippen LogP contribution is -2.54. The molecule has 0 aromatic heterocycles. The molecule has 2 nitrogen and oxygen atoms in total.